The predicted molar refractivity (Wildman–Crippen MR) is 95.2 cm³/mol. The highest BCUT2D eigenvalue weighted by Crippen LogP contribution is 2.27. The van der Waals surface area contributed by atoms with Crippen LogP contribution in [0.15, 0.2) is 41.1 Å². The number of nitrogens with zero attached hydrogens (tertiary/aromatic N) is 2. The second-order valence-corrected chi connectivity index (χ2v) is 7.72. The summed E-state index contributed by atoms with van der Waals surface area (Å²) < 4.78 is 0. The summed E-state index contributed by atoms with van der Waals surface area (Å²) in [5.74, 6) is 0.0381. The Morgan fingerprint density at radius 1 is 1.21 bits per heavy atom. The number of thiophene rings is 1. The van der Waals surface area contributed by atoms with E-state index in [1.54, 1.807) is 4.90 Å². The van der Waals surface area contributed by atoms with Gasteiger partial charge in [0.05, 0.1) is 17.7 Å². The summed E-state index contributed by atoms with van der Waals surface area (Å²) in [5.41, 5.74) is 2.71. The summed E-state index contributed by atoms with van der Waals surface area (Å²) in [7, 11) is 0. The molecule has 2 aliphatic heterocycles. The van der Waals surface area contributed by atoms with Crippen molar-refractivity contribution in [2.24, 2.45) is 0 Å². The fourth-order valence-electron chi connectivity index (χ4n) is 3.83. The molecule has 126 valence electrons. The minimum atomic E-state index is -0.794. The van der Waals surface area contributed by atoms with E-state index in [4.69, 9.17) is 0 Å². The van der Waals surface area contributed by atoms with Crippen molar-refractivity contribution in [2.75, 3.05) is 26.2 Å². The molecule has 0 spiro atoms. The molecular formula is C19H22N2O2S. The first-order chi connectivity index (χ1) is 11.6. The lowest BCUT2D eigenvalue weighted by molar-refractivity contribution is 0.00806. The van der Waals surface area contributed by atoms with Crippen LogP contribution in [0.2, 0.25) is 0 Å². The van der Waals surface area contributed by atoms with E-state index in [-0.39, 0.29) is 5.91 Å². The summed E-state index contributed by atoms with van der Waals surface area (Å²) in [4.78, 5) is 16.6. The summed E-state index contributed by atoms with van der Waals surface area (Å²) in [6.45, 7) is 3.55. The molecule has 5 heteroatoms. The topological polar surface area (TPSA) is 43.8 Å². The maximum Gasteiger partial charge on any atom is 0.254 e. The van der Waals surface area contributed by atoms with E-state index in [1.165, 1.54) is 22.5 Å². The number of likely N-dealkylation sites (tertiary alicyclic amines) is 1. The molecule has 1 fully saturated rings. The second kappa shape index (κ2) is 6.31. The first-order valence-electron chi connectivity index (χ1n) is 8.46. The number of rotatable bonds is 3. The van der Waals surface area contributed by atoms with Crippen LogP contribution in [0.3, 0.4) is 0 Å². The molecular weight excluding hydrogens is 320 g/mol. The Morgan fingerprint density at radius 2 is 2.04 bits per heavy atom. The van der Waals surface area contributed by atoms with Gasteiger partial charge >= 0.3 is 0 Å². The molecule has 4 rings (SSSR count). The third kappa shape index (κ3) is 3.11. The first-order valence-corrected chi connectivity index (χ1v) is 9.40. The lowest BCUT2D eigenvalue weighted by Crippen LogP contribution is -2.47. The zero-order chi connectivity index (χ0) is 16.6. The molecule has 0 bridgehead atoms. The normalized spacial score (nSPS) is 24.1. The van der Waals surface area contributed by atoms with Crippen LogP contribution in [-0.4, -0.2) is 52.6 Å². The van der Waals surface area contributed by atoms with Gasteiger partial charge in [0.15, 0.2) is 0 Å². The lowest BCUT2D eigenvalue weighted by atomic mass is 9.97. The van der Waals surface area contributed by atoms with Crippen molar-refractivity contribution in [1.82, 2.24) is 9.80 Å². The Labute approximate surface area is 146 Å². The monoisotopic (exact) mass is 342 g/mol. The van der Waals surface area contributed by atoms with Crippen molar-refractivity contribution in [1.29, 1.82) is 0 Å². The molecule has 2 aliphatic rings. The molecule has 1 saturated heterocycles. The Kier molecular flexibility index (Phi) is 4.16. The summed E-state index contributed by atoms with van der Waals surface area (Å²) >= 11 is 1.53. The van der Waals surface area contributed by atoms with Crippen LogP contribution < -0.4 is 0 Å². The van der Waals surface area contributed by atoms with Gasteiger partial charge in [-0.1, -0.05) is 24.3 Å². The van der Waals surface area contributed by atoms with Gasteiger partial charge in [0.2, 0.25) is 0 Å². The summed E-state index contributed by atoms with van der Waals surface area (Å²) in [5, 5.41) is 14.8. The highest BCUT2D eigenvalue weighted by molar-refractivity contribution is 7.08. The lowest BCUT2D eigenvalue weighted by Gasteiger charge is -2.34. The van der Waals surface area contributed by atoms with Crippen LogP contribution in [0.5, 0.6) is 0 Å². The number of aliphatic hydroxyl groups is 1. The number of β-amino-alcohol motifs (C(OH)–C–C–N with tert-alkyl or cyclic N) is 1. The number of amides is 1. The van der Waals surface area contributed by atoms with E-state index in [0.717, 1.165) is 25.1 Å². The van der Waals surface area contributed by atoms with Crippen molar-refractivity contribution in [2.45, 2.75) is 25.0 Å². The molecule has 0 aliphatic carbocycles. The van der Waals surface area contributed by atoms with Crippen LogP contribution in [0.25, 0.3) is 0 Å². The third-order valence-electron chi connectivity index (χ3n) is 5.12. The fourth-order valence-corrected chi connectivity index (χ4v) is 4.46. The van der Waals surface area contributed by atoms with Crippen molar-refractivity contribution in [3.63, 3.8) is 0 Å². The van der Waals surface area contributed by atoms with E-state index in [2.05, 4.69) is 29.2 Å². The van der Waals surface area contributed by atoms with Crippen molar-refractivity contribution in [3.8, 4) is 0 Å². The largest absolute Gasteiger partial charge is 0.387 e. The van der Waals surface area contributed by atoms with E-state index in [9.17, 15) is 9.90 Å². The Balaban J connectivity index is 1.40. The molecule has 0 unspecified atom stereocenters. The molecule has 1 aromatic carbocycles. The molecule has 1 atom stereocenters. The predicted octanol–water partition coefficient (Wildman–Crippen LogP) is 2.38. The van der Waals surface area contributed by atoms with Crippen LogP contribution in [-0.2, 0) is 13.0 Å². The minimum absolute atomic E-state index is 0.0381. The average molecular weight is 342 g/mol. The van der Waals surface area contributed by atoms with Crippen LogP contribution in [0.1, 0.15) is 27.9 Å². The SMILES string of the molecule is O=C(c1ccsc1)N1CC[C@@](O)(CN2CCc3ccccc3C2)C1. The number of carbonyl (C=O) groups is 1. The van der Waals surface area contributed by atoms with Gasteiger partial charge < -0.3 is 10.0 Å². The molecule has 2 aromatic rings. The standard InChI is InChI=1S/C19H22N2O2S/c22-18(17-6-10-24-12-17)21-9-7-19(23,14-21)13-20-8-5-15-3-1-2-4-16(15)11-20/h1-4,6,10,12,23H,5,7-9,11,13-14H2/t19-/m1/s1. The van der Waals surface area contributed by atoms with Crippen molar-refractivity contribution in [3.05, 3.63) is 57.8 Å². The molecule has 0 saturated carbocycles. The van der Waals surface area contributed by atoms with Gasteiger partial charge in [0.1, 0.15) is 0 Å². The van der Waals surface area contributed by atoms with Crippen molar-refractivity contribution < 1.29 is 9.90 Å². The van der Waals surface area contributed by atoms with Gasteiger partial charge in [-0.25, -0.2) is 0 Å². The van der Waals surface area contributed by atoms with Gasteiger partial charge in [-0.3, -0.25) is 9.69 Å². The van der Waals surface area contributed by atoms with Crippen LogP contribution >= 0.6 is 11.3 Å². The van der Waals surface area contributed by atoms with Crippen molar-refractivity contribution >= 4 is 17.2 Å². The zero-order valence-corrected chi connectivity index (χ0v) is 14.5. The zero-order valence-electron chi connectivity index (χ0n) is 13.6. The molecule has 3 heterocycles. The fraction of sp³-hybridized carbons (Fsp3) is 0.421. The average Bonchev–Trinajstić information content (AvgIpc) is 3.24. The molecule has 1 N–H and O–H groups in total. The number of hydrogen-bond acceptors (Lipinski definition) is 4. The Morgan fingerprint density at radius 3 is 2.83 bits per heavy atom. The number of hydrogen-bond donors (Lipinski definition) is 1. The number of benzene rings is 1. The van der Waals surface area contributed by atoms with Gasteiger partial charge in [0.25, 0.3) is 5.91 Å². The van der Waals surface area contributed by atoms with E-state index in [1.807, 2.05) is 16.8 Å². The van der Waals surface area contributed by atoms with E-state index < -0.39 is 5.60 Å². The van der Waals surface area contributed by atoms with Crippen LogP contribution in [0.4, 0.5) is 0 Å². The van der Waals surface area contributed by atoms with E-state index >= 15 is 0 Å². The first kappa shape index (κ1) is 15.8. The second-order valence-electron chi connectivity index (χ2n) is 6.94. The number of carbonyl (C=O) groups excluding carboxylic acids is 1. The number of fused-ring (bicyclic) bond motifs is 1. The van der Waals surface area contributed by atoms with Gasteiger partial charge in [-0.05, 0) is 35.4 Å². The van der Waals surface area contributed by atoms with Gasteiger partial charge in [-0.15, -0.1) is 0 Å². The Bertz CT molecular complexity index is 731. The van der Waals surface area contributed by atoms with Gasteiger partial charge in [0, 0.05) is 31.6 Å². The molecule has 1 aromatic heterocycles. The molecule has 4 nitrogen and oxygen atoms in total. The maximum atomic E-state index is 12.5. The quantitative estimate of drug-likeness (QED) is 0.931. The molecule has 1 amide bonds. The summed E-state index contributed by atoms with van der Waals surface area (Å²) in [6, 6.07) is 10.4. The summed E-state index contributed by atoms with van der Waals surface area (Å²) in [6.07, 6.45) is 1.69. The highest BCUT2D eigenvalue weighted by Gasteiger charge is 2.40. The molecule has 0 radical (unpaired) electrons. The minimum Gasteiger partial charge on any atom is -0.387 e. The maximum absolute atomic E-state index is 12.5. The Hall–Kier alpha value is -1.69. The smallest absolute Gasteiger partial charge is 0.254 e. The highest BCUT2D eigenvalue weighted by atomic mass is 32.1. The van der Waals surface area contributed by atoms with Crippen LogP contribution in [0, 0.1) is 0 Å². The molecule has 24 heavy (non-hydrogen) atoms. The van der Waals surface area contributed by atoms with E-state index in [0.29, 0.717) is 26.1 Å². The third-order valence-corrected chi connectivity index (χ3v) is 5.80. The van der Waals surface area contributed by atoms with Gasteiger partial charge in [-0.2, -0.15) is 11.3 Å².